The predicted molar refractivity (Wildman–Crippen MR) is 79.6 cm³/mol. The first-order valence-corrected chi connectivity index (χ1v) is 7.27. The number of carbonyl (C=O) groups excluding carboxylic acids is 1. The molecule has 20 heavy (non-hydrogen) atoms. The molecule has 1 atom stereocenters. The third-order valence-electron chi connectivity index (χ3n) is 3.44. The van der Waals surface area contributed by atoms with Crippen molar-refractivity contribution in [1.82, 2.24) is 15.3 Å². The van der Waals surface area contributed by atoms with E-state index in [0.717, 1.165) is 30.9 Å². The summed E-state index contributed by atoms with van der Waals surface area (Å²) in [6.45, 7) is 9.64. The van der Waals surface area contributed by atoms with Gasteiger partial charge in [-0.1, -0.05) is 6.92 Å². The van der Waals surface area contributed by atoms with E-state index in [1.807, 2.05) is 33.2 Å². The van der Waals surface area contributed by atoms with Crippen molar-refractivity contribution < 1.29 is 4.79 Å². The Hall–Kier alpha value is -1.65. The Kier molecular flexibility index (Phi) is 4.26. The van der Waals surface area contributed by atoms with Gasteiger partial charge in [0.05, 0.1) is 5.92 Å². The second-order valence-electron chi connectivity index (χ2n) is 6.42. The molecule has 0 aliphatic carbocycles. The average Bonchev–Trinajstić information content (AvgIpc) is 2.86. The summed E-state index contributed by atoms with van der Waals surface area (Å²) in [5.41, 5.74) is 0.957. The molecular formula is C15H24N4O. The van der Waals surface area contributed by atoms with Crippen LogP contribution in [0.3, 0.4) is 0 Å². The summed E-state index contributed by atoms with van der Waals surface area (Å²) in [6.07, 6.45) is 5.54. The van der Waals surface area contributed by atoms with Gasteiger partial charge >= 0.3 is 0 Å². The lowest BCUT2D eigenvalue weighted by molar-refractivity contribution is -0.125. The van der Waals surface area contributed by atoms with Gasteiger partial charge in [-0.2, -0.15) is 0 Å². The lowest BCUT2D eigenvalue weighted by atomic mass is 10.0. The van der Waals surface area contributed by atoms with Gasteiger partial charge in [-0.15, -0.1) is 0 Å². The van der Waals surface area contributed by atoms with Gasteiger partial charge in [0, 0.05) is 31.0 Å². The fourth-order valence-corrected chi connectivity index (χ4v) is 2.32. The van der Waals surface area contributed by atoms with E-state index in [9.17, 15) is 4.79 Å². The van der Waals surface area contributed by atoms with Crippen LogP contribution in [-0.4, -0.2) is 34.5 Å². The Bertz CT molecular complexity index is 464. The Balaban J connectivity index is 1.96. The SMILES string of the molecule is CCc1cnc(N2CCC(C(=O)NC(C)(C)C)C2)nc1. The first-order valence-electron chi connectivity index (χ1n) is 7.27. The molecule has 0 radical (unpaired) electrons. The van der Waals surface area contributed by atoms with Gasteiger partial charge < -0.3 is 10.2 Å². The molecule has 0 saturated carbocycles. The van der Waals surface area contributed by atoms with Crippen molar-refractivity contribution in [2.45, 2.75) is 46.1 Å². The lowest BCUT2D eigenvalue weighted by Crippen LogP contribution is -2.44. The Labute approximate surface area is 120 Å². The number of hydrogen-bond donors (Lipinski definition) is 1. The van der Waals surface area contributed by atoms with Gasteiger partial charge in [0.15, 0.2) is 0 Å². The van der Waals surface area contributed by atoms with Crippen LogP contribution in [0.25, 0.3) is 0 Å². The number of hydrogen-bond acceptors (Lipinski definition) is 4. The van der Waals surface area contributed by atoms with Crippen LogP contribution in [0.2, 0.25) is 0 Å². The van der Waals surface area contributed by atoms with Crippen LogP contribution in [0.15, 0.2) is 12.4 Å². The van der Waals surface area contributed by atoms with E-state index < -0.39 is 0 Å². The topological polar surface area (TPSA) is 58.1 Å². The molecule has 0 spiro atoms. The largest absolute Gasteiger partial charge is 0.351 e. The van der Waals surface area contributed by atoms with Gasteiger partial charge in [0.25, 0.3) is 0 Å². The summed E-state index contributed by atoms with van der Waals surface area (Å²) in [5.74, 6) is 0.891. The monoisotopic (exact) mass is 276 g/mol. The molecule has 1 fully saturated rings. The van der Waals surface area contributed by atoms with Crippen LogP contribution < -0.4 is 10.2 Å². The number of aromatic nitrogens is 2. The molecule has 1 unspecified atom stereocenters. The molecule has 1 aromatic heterocycles. The summed E-state index contributed by atoms with van der Waals surface area (Å²) in [4.78, 5) is 23.0. The molecule has 0 bridgehead atoms. The van der Waals surface area contributed by atoms with E-state index in [-0.39, 0.29) is 17.4 Å². The fourth-order valence-electron chi connectivity index (χ4n) is 2.32. The Morgan fingerprint density at radius 2 is 2.05 bits per heavy atom. The molecule has 110 valence electrons. The van der Waals surface area contributed by atoms with Crippen molar-refractivity contribution in [2.24, 2.45) is 5.92 Å². The first kappa shape index (κ1) is 14.8. The molecule has 1 saturated heterocycles. The maximum atomic E-state index is 12.2. The van der Waals surface area contributed by atoms with Gasteiger partial charge in [0.1, 0.15) is 0 Å². The van der Waals surface area contributed by atoms with Gasteiger partial charge in [-0.25, -0.2) is 9.97 Å². The summed E-state index contributed by atoms with van der Waals surface area (Å²) in [5, 5.41) is 3.04. The smallest absolute Gasteiger partial charge is 0.225 e. The van der Waals surface area contributed by atoms with E-state index in [1.165, 1.54) is 0 Å². The molecule has 1 aliphatic heterocycles. The summed E-state index contributed by atoms with van der Waals surface area (Å²) >= 11 is 0. The highest BCUT2D eigenvalue weighted by atomic mass is 16.2. The number of nitrogens with one attached hydrogen (secondary N) is 1. The standard InChI is InChI=1S/C15H24N4O/c1-5-11-8-16-14(17-9-11)19-7-6-12(10-19)13(20)18-15(2,3)4/h8-9,12H,5-7,10H2,1-4H3,(H,18,20). The van der Waals surface area contributed by atoms with Crippen molar-refractivity contribution in [1.29, 1.82) is 0 Å². The van der Waals surface area contributed by atoms with Crippen LogP contribution in [0.4, 0.5) is 5.95 Å². The molecule has 5 nitrogen and oxygen atoms in total. The third-order valence-corrected chi connectivity index (χ3v) is 3.44. The number of carbonyl (C=O) groups is 1. The minimum atomic E-state index is -0.177. The van der Waals surface area contributed by atoms with Crippen molar-refractivity contribution in [2.75, 3.05) is 18.0 Å². The van der Waals surface area contributed by atoms with Gasteiger partial charge in [-0.05, 0) is 39.2 Å². The first-order chi connectivity index (χ1) is 9.39. The zero-order chi connectivity index (χ0) is 14.8. The van der Waals surface area contributed by atoms with Crippen LogP contribution in [0.1, 0.15) is 39.7 Å². The minimum absolute atomic E-state index is 0.0312. The molecular weight excluding hydrogens is 252 g/mol. The molecule has 2 heterocycles. The van der Waals surface area contributed by atoms with Gasteiger partial charge in [-0.3, -0.25) is 4.79 Å². The molecule has 2 rings (SSSR count). The number of rotatable bonds is 3. The zero-order valence-corrected chi connectivity index (χ0v) is 12.8. The summed E-state index contributed by atoms with van der Waals surface area (Å²) in [7, 11) is 0. The van der Waals surface area contributed by atoms with Crippen LogP contribution >= 0.6 is 0 Å². The highest BCUT2D eigenvalue weighted by Gasteiger charge is 2.31. The second-order valence-corrected chi connectivity index (χ2v) is 6.42. The lowest BCUT2D eigenvalue weighted by Gasteiger charge is -2.23. The third kappa shape index (κ3) is 3.68. The Morgan fingerprint density at radius 3 is 2.60 bits per heavy atom. The van der Waals surface area contributed by atoms with Crippen molar-refractivity contribution in [3.63, 3.8) is 0 Å². The normalized spacial score (nSPS) is 19.2. The molecule has 1 aromatic rings. The molecule has 1 aliphatic rings. The number of anilines is 1. The second kappa shape index (κ2) is 5.77. The number of aryl methyl sites for hydroxylation is 1. The molecule has 5 heteroatoms. The maximum absolute atomic E-state index is 12.2. The van der Waals surface area contributed by atoms with Crippen LogP contribution in [-0.2, 0) is 11.2 Å². The quantitative estimate of drug-likeness (QED) is 0.914. The summed E-state index contributed by atoms with van der Waals surface area (Å²) < 4.78 is 0. The number of nitrogens with zero attached hydrogens (tertiary/aromatic N) is 3. The predicted octanol–water partition coefficient (Wildman–Crippen LogP) is 1.78. The molecule has 1 N–H and O–H groups in total. The van der Waals surface area contributed by atoms with E-state index in [4.69, 9.17) is 0 Å². The molecule has 0 aromatic carbocycles. The van der Waals surface area contributed by atoms with Gasteiger partial charge in [0.2, 0.25) is 11.9 Å². The van der Waals surface area contributed by atoms with Crippen molar-refractivity contribution >= 4 is 11.9 Å². The van der Waals surface area contributed by atoms with Crippen molar-refractivity contribution in [3.8, 4) is 0 Å². The maximum Gasteiger partial charge on any atom is 0.225 e. The highest BCUT2D eigenvalue weighted by Crippen LogP contribution is 2.21. The molecule has 1 amide bonds. The van der Waals surface area contributed by atoms with Crippen LogP contribution in [0, 0.1) is 5.92 Å². The van der Waals surface area contributed by atoms with Crippen molar-refractivity contribution in [3.05, 3.63) is 18.0 Å². The fraction of sp³-hybridized carbons (Fsp3) is 0.667. The van der Waals surface area contributed by atoms with E-state index in [1.54, 1.807) is 0 Å². The number of amides is 1. The highest BCUT2D eigenvalue weighted by molar-refractivity contribution is 5.80. The summed E-state index contributed by atoms with van der Waals surface area (Å²) in [6, 6.07) is 0. The minimum Gasteiger partial charge on any atom is -0.351 e. The Morgan fingerprint density at radius 1 is 1.40 bits per heavy atom. The van der Waals surface area contributed by atoms with Crippen LogP contribution in [0.5, 0.6) is 0 Å². The van der Waals surface area contributed by atoms with E-state index in [2.05, 4.69) is 27.1 Å². The zero-order valence-electron chi connectivity index (χ0n) is 12.8. The average molecular weight is 276 g/mol. The van der Waals surface area contributed by atoms with E-state index >= 15 is 0 Å². The van der Waals surface area contributed by atoms with E-state index in [0.29, 0.717) is 6.54 Å².